The van der Waals surface area contributed by atoms with Crippen molar-refractivity contribution in [3.8, 4) is 17.3 Å². The third-order valence-corrected chi connectivity index (χ3v) is 5.57. The van der Waals surface area contributed by atoms with E-state index in [-0.39, 0.29) is 23.9 Å². The van der Waals surface area contributed by atoms with Crippen LogP contribution in [0.4, 0.5) is 4.39 Å². The monoisotopic (exact) mass is 439 g/mol. The molecule has 1 aromatic carbocycles. The van der Waals surface area contributed by atoms with E-state index in [4.69, 9.17) is 4.74 Å². The Balaban J connectivity index is 1.44. The van der Waals surface area contributed by atoms with E-state index in [0.29, 0.717) is 28.8 Å². The third-order valence-electron chi connectivity index (χ3n) is 5.57. The molecule has 1 N–H and O–H groups in total. The summed E-state index contributed by atoms with van der Waals surface area (Å²) in [6.45, 7) is 2.65. The lowest BCUT2D eigenvalue weighted by atomic mass is 9.89. The van der Waals surface area contributed by atoms with Crippen molar-refractivity contribution in [1.29, 1.82) is 0 Å². The summed E-state index contributed by atoms with van der Waals surface area (Å²) in [4.78, 5) is 22.9. The molecule has 1 aliphatic carbocycles. The van der Waals surface area contributed by atoms with Gasteiger partial charge in [-0.15, -0.1) is 10.2 Å². The number of tetrazole rings is 1. The standard InChI is InChI=1S/C22H26FN7O2/c1-14-25-18(21-27-29-30(28-21)13-15-6-4-3-5-7-15)11-19(26-14)22(31)24-12-16-8-9-17(23)20(10-16)32-2/h8-11,15H,3-7,12-13H2,1-2H3,(H,24,31). The Bertz CT molecular complexity index is 1100. The molecule has 0 radical (unpaired) electrons. The van der Waals surface area contributed by atoms with Crippen molar-refractivity contribution >= 4 is 5.91 Å². The normalized spacial score (nSPS) is 14.3. The van der Waals surface area contributed by atoms with Crippen LogP contribution in [0.25, 0.3) is 11.5 Å². The van der Waals surface area contributed by atoms with Crippen LogP contribution in [0.1, 0.15) is 54.0 Å². The Morgan fingerprint density at radius 2 is 2.03 bits per heavy atom. The first kappa shape index (κ1) is 21.8. The van der Waals surface area contributed by atoms with E-state index in [1.807, 2.05) is 0 Å². The van der Waals surface area contributed by atoms with E-state index in [0.717, 1.165) is 6.54 Å². The van der Waals surface area contributed by atoms with Crippen molar-refractivity contribution in [1.82, 2.24) is 35.5 Å². The molecular weight excluding hydrogens is 413 g/mol. The van der Waals surface area contributed by atoms with Gasteiger partial charge >= 0.3 is 0 Å². The number of halogens is 1. The molecule has 3 aromatic rings. The fourth-order valence-corrected chi connectivity index (χ4v) is 3.91. The van der Waals surface area contributed by atoms with Gasteiger partial charge in [0, 0.05) is 6.54 Å². The maximum Gasteiger partial charge on any atom is 0.270 e. The van der Waals surface area contributed by atoms with Gasteiger partial charge in [0.25, 0.3) is 5.91 Å². The molecule has 0 spiro atoms. The summed E-state index contributed by atoms with van der Waals surface area (Å²) >= 11 is 0. The van der Waals surface area contributed by atoms with Gasteiger partial charge in [0.2, 0.25) is 5.82 Å². The third kappa shape index (κ3) is 5.24. The maximum atomic E-state index is 13.6. The quantitative estimate of drug-likeness (QED) is 0.603. The predicted octanol–water partition coefficient (Wildman–Crippen LogP) is 3.10. The molecule has 1 amide bonds. The molecule has 32 heavy (non-hydrogen) atoms. The molecule has 10 heteroatoms. The molecular formula is C22H26FN7O2. The highest BCUT2D eigenvalue weighted by molar-refractivity contribution is 5.93. The predicted molar refractivity (Wildman–Crippen MR) is 114 cm³/mol. The average Bonchev–Trinajstić information content (AvgIpc) is 3.27. The summed E-state index contributed by atoms with van der Waals surface area (Å²) in [5.74, 6) is 0.657. The first-order valence-corrected chi connectivity index (χ1v) is 10.8. The summed E-state index contributed by atoms with van der Waals surface area (Å²) in [6, 6.07) is 5.98. The number of rotatable bonds is 7. The van der Waals surface area contributed by atoms with Crippen molar-refractivity contribution in [2.24, 2.45) is 5.92 Å². The first-order valence-electron chi connectivity index (χ1n) is 10.8. The fraction of sp³-hybridized carbons (Fsp3) is 0.455. The molecule has 0 aliphatic heterocycles. The number of benzene rings is 1. The molecule has 9 nitrogen and oxygen atoms in total. The lowest BCUT2D eigenvalue weighted by Gasteiger charge is -2.20. The number of aromatic nitrogens is 6. The average molecular weight is 439 g/mol. The Morgan fingerprint density at radius 3 is 2.81 bits per heavy atom. The van der Waals surface area contributed by atoms with Crippen LogP contribution < -0.4 is 10.1 Å². The molecule has 0 bridgehead atoms. The van der Waals surface area contributed by atoms with Gasteiger partial charge in [-0.05, 0) is 54.7 Å². The van der Waals surface area contributed by atoms with Gasteiger partial charge in [0.05, 0.1) is 13.7 Å². The van der Waals surface area contributed by atoms with E-state index in [1.54, 1.807) is 29.9 Å². The molecule has 1 aliphatic rings. The van der Waals surface area contributed by atoms with Crippen molar-refractivity contribution in [2.75, 3.05) is 7.11 Å². The zero-order valence-electron chi connectivity index (χ0n) is 18.2. The summed E-state index contributed by atoms with van der Waals surface area (Å²) in [5.41, 5.74) is 1.35. The number of carbonyl (C=O) groups is 1. The van der Waals surface area contributed by atoms with Crippen molar-refractivity contribution in [2.45, 2.75) is 52.1 Å². The topological polar surface area (TPSA) is 108 Å². The zero-order chi connectivity index (χ0) is 22.5. The van der Waals surface area contributed by atoms with Crippen LogP contribution in [-0.4, -0.2) is 43.2 Å². The molecule has 1 saturated carbocycles. The van der Waals surface area contributed by atoms with E-state index < -0.39 is 5.82 Å². The van der Waals surface area contributed by atoms with Crippen LogP contribution in [0.2, 0.25) is 0 Å². The minimum Gasteiger partial charge on any atom is -0.494 e. The molecule has 0 saturated heterocycles. The minimum atomic E-state index is -0.456. The Hall–Kier alpha value is -3.43. The highest BCUT2D eigenvalue weighted by Gasteiger charge is 2.18. The number of nitrogens with one attached hydrogen (secondary N) is 1. The Kier molecular flexibility index (Phi) is 6.67. The fourth-order valence-electron chi connectivity index (χ4n) is 3.91. The number of hydrogen-bond acceptors (Lipinski definition) is 7. The smallest absolute Gasteiger partial charge is 0.270 e. The minimum absolute atomic E-state index is 0.124. The van der Waals surface area contributed by atoms with Gasteiger partial charge < -0.3 is 10.1 Å². The number of amides is 1. The van der Waals surface area contributed by atoms with Crippen molar-refractivity contribution in [3.05, 3.63) is 47.2 Å². The van der Waals surface area contributed by atoms with Gasteiger partial charge in [-0.25, -0.2) is 14.4 Å². The van der Waals surface area contributed by atoms with E-state index in [9.17, 15) is 9.18 Å². The maximum absolute atomic E-state index is 13.6. The molecule has 168 valence electrons. The van der Waals surface area contributed by atoms with Gasteiger partial charge in [-0.1, -0.05) is 25.3 Å². The lowest BCUT2D eigenvalue weighted by Crippen LogP contribution is -2.24. The summed E-state index contributed by atoms with van der Waals surface area (Å²) in [7, 11) is 1.39. The van der Waals surface area contributed by atoms with Crippen LogP contribution in [0, 0.1) is 18.7 Å². The van der Waals surface area contributed by atoms with Gasteiger partial charge in [-0.3, -0.25) is 4.79 Å². The SMILES string of the molecule is COc1cc(CNC(=O)c2cc(-c3nnn(CC4CCCCC4)n3)nc(C)n2)ccc1F. The molecule has 2 heterocycles. The highest BCUT2D eigenvalue weighted by atomic mass is 19.1. The molecule has 0 atom stereocenters. The second-order valence-electron chi connectivity index (χ2n) is 8.01. The van der Waals surface area contributed by atoms with E-state index >= 15 is 0 Å². The molecule has 0 unspecified atom stereocenters. The van der Waals surface area contributed by atoms with E-state index in [2.05, 4.69) is 30.7 Å². The van der Waals surface area contributed by atoms with Crippen LogP contribution in [-0.2, 0) is 13.1 Å². The van der Waals surface area contributed by atoms with Gasteiger partial charge in [0.15, 0.2) is 11.6 Å². The van der Waals surface area contributed by atoms with Crippen molar-refractivity contribution < 1.29 is 13.9 Å². The summed E-state index contributed by atoms with van der Waals surface area (Å²) in [6.07, 6.45) is 6.18. The highest BCUT2D eigenvalue weighted by Crippen LogP contribution is 2.25. The number of nitrogens with zero attached hydrogens (tertiary/aromatic N) is 6. The number of ether oxygens (including phenoxy) is 1. The van der Waals surface area contributed by atoms with Gasteiger partial charge in [0.1, 0.15) is 17.2 Å². The van der Waals surface area contributed by atoms with Crippen molar-refractivity contribution in [3.63, 3.8) is 0 Å². The van der Waals surface area contributed by atoms with Crippen LogP contribution in [0.15, 0.2) is 24.3 Å². The second kappa shape index (κ2) is 9.80. The second-order valence-corrected chi connectivity index (χ2v) is 8.01. The largest absolute Gasteiger partial charge is 0.494 e. The van der Waals surface area contributed by atoms with Crippen LogP contribution >= 0.6 is 0 Å². The number of hydrogen-bond donors (Lipinski definition) is 1. The van der Waals surface area contributed by atoms with Crippen LogP contribution in [0.3, 0.4) is 0 Å². The van der Waals surface area contributed by atoms with Crippen LogP contribution in [0.5, 0.6) is 5.75 Å². The first-order chi connectivity index (χ1) is 15.5. The number of methoxy groups -OCH3 is 1. The molecule has 4 rings (SSSR count). The zero-order valence-corrected chi connectivity index (χ0v) is 18.2. The van der Waals surface area contributed by atoms with Gasteiger partial charge in [-0.2, -0.15) is 4.80 Å². The molecule has 1 fully saturated rings. The lowest BCUT2D eigenvalue weighted by molar-refractivity contribution is 0.0945. The molecule has 2 aromatic heterocycles. The van der Waals surface area contributed by atoms with E-state index in [1.165, 1.54) is 45.3 Å². The number of aryl methyl sites for hydroxylation is 1. The summed E-state index contributed by atoms with van der Waals surface area (Å²) in [5, 5.41) is 15.5. The number of carbonyl (C=O) groups excluding carboxylic acids is 1. The summed E-state index contributed by atoms with van der Waals surface area (Å²) < 4.78 is 18.5. The Labute approximate surface area is 185 Å². The Morgan fingerprint density at radius 1 is 1.22 bits per heavy atom.